The number of rotatable bonds is 3. The van der Waals surface area contributed by atoms with Crippen molar-refractivity contribution in [3.8, 4) is 0 Å². The number of aliphatic hydroxyl groups excluding tert-OH is 4. The number of hydrogen-bond donors (Lipinski definition) is 6. The van der Waals surface area contributed by atoms with Gasteiger partial charge in [0.05, 0.1) is 12.6 Å². The van der Waals surface area contributed by atoms with Crippen LogP contribution >= 0.6 is 0 Å². The Morgan fingerprint density at radius 3 is 2.47 bits per heavy atom. The fourth-order valence-electron chi connectivity index (χ4n) is 1.55. The Labute approximate surface area is 98.0 Å². The first-order valence-corrected chi connectivity index (χ1v) is 5.25. The Balaban J connectivity index is 2.69. The van der Waals surface area contributed by atoms with Crippen LogP contribution in [-0.4, -0.2) is 69.6 Å². The lowest BCUT2D eigenvalue weighted by Crippen LogP contribution is -2.65. The molecule has 17 heavy (non-hydrogen) atoms. The minimum atomic E-state index is -1.52. The molecule has 0 spiro atoms. The Bertz CT molecular complexity index is 274. The summed E-state index contributed by atoms with van der Waals surface area (Å²) in [4.78, 5) is 11.3. The molecular weight excluding hydrogens is 232 g/mol. The van der Waals surface area contributed by atoms with Crippen LogP contribution in [0.2, 0.25) is 0 Å². The number of amides is 1. The van der Waals surface area contributed by atoms with Gasteiger partial charge in [0, 0.05) is 0 Å². The lowest BCUT2D eigenvalue weighted by atomic mass is 9.97. The third kappa shape index (κ3) is 3.12. The van der Waals surface area contributed by atoms with Crippen molar-refractivity contribution in [2.75, 3.05) is 6.61 Å². The third-order valence-corrected chi connectivity index (χ3v) is 2.62. The number of nitrogens with two attached hydrogens (primary N) is 1. The van der Waals surface area contributed by atoms with Crippen LogP contribution in [0.4, 0.5) is 0 Å². The lowest BCUT2D eigenvalue weighted by Gasteiger charge is -2.40. The quantitative estimate of drug-likeness (QED) is 0.302. The second-order valence-corrected chi connectivity index (χ2v) is 4.05. The Hall–Kier alpha value is -0.770. The van der Waals surface area contributed by atoms with Gasteiger partial charge in [-0.2, -0.15) is 0 Å². The molecular formula is C9H18N2O6. The smallest absolute Gasteiger partial charge is 0.237 e. The largest absolute Gasteiger partial charge is 0.394 e. The molecule has 100 valence electrons. The molecule has 0 aromatic heterocycles. The number of hydrogen-bond acceptors (Lipinski definition) is 7. The molecule has 7 N–H and O–H groups in total. The molecule has 1 amide bonds. The summed E-state index contributed by atoms with van der Waals surface area (Å²) < 4.78 is 4.85. The third-order valence-electron chi connectivity index (χ3n) is 2.62. The average Bonchev–Trinajstić information content (AvgIpc) is 2.28. The zero-order valence-corrected chi connectivity index (χ0v) is 9.35. The van der Waals surface area contributed by atoms with Gasteiger partial charge in [0.1, 0.15) is 24.4 Å². The van der Waals surface area contributed by atoms with Gasteiger partial charge in [-0.3, -0.25) is 4.79 Å². The number of carbonyl (C=O) groups is 1. The minimum Gasteiger partial charge on any atom is -0.394 e. The van der Waals surface area contributed by atoms with Crippen LogP contribution in [0.3, 0.4) is 0 Å². The molecule has 0 aromatic carbocycles. The maximum absolute atomic E-state index is 11.3. The summed E-state index contributed by atoms with van der Waals surface area (Å²) in [6, 6.07) is -2.01. The van der Waals surface area contributed by atoms with Gasteiger partial charge >= 0.3 is 0 Å². The SMILES string of the molecule is CC(N)C(=O)NC1C(O)OC(CO)C(O)C1O. The van der Waals surface area contributed by atoms with Gasteiger partial charge in [0.2, 0.25) is 5.91 Å². The van der Waals surface area contributed by atoms with Crippen molar-refractivity contribution in [3.05, 3.63) is 0 Å². The van der Waals surface area contributed by atoms with Crippen LogP contribution in [0.1, 0.15) is 6.92 Å². The topological polar surface area (TPSA) is 145 Å². The van der Waals surface area contributed by atoms with E-state index in [-0.39, 0.29) is 0 Å². The summed E-state index contributed by atoms with van der Waals surface area (Å²) in [7, 11) is 0. The zero-order chi connectivity index (χ0) is 13.2. The predicted octanol–water partition coefficient (Wildman–Crippen LogP) is -3.75. The second kappa shape index (κ2) is 5.71. The summed E-state index contributed by atoms with van der Waals surface area (Å²) in [5, 5.41) is 39.9. The van der Waals surface area contributed by atoms with Gasteiger partial charge in [-0.1, -0.05) is 0 Å². The van der Waals surface area contributed by atoms with Crippen LogP contribution in [0, 0.1) is 0 Å². The minimum absolute atomic E-state index is 0.552. The van der Waals surface area contributed by atoms with Crippen LogP contribution in [0.5, 0.6) is 0 Å². The summed E-state index contributed by atoms with van der Waals surface area (Å²) in [6.07, 6.45) is -5.46. The molecule has 1 heterocycles. The highest BCUT2D eigenvalue weighted by Crippen LogP contribution is 2.19. The number of aliphatic hydroxyl groups is 4. The first-order valence-electron chi connectivity index (χ1n) is 5.25. The van der Waals surface area contributed by atoms with Crippen LogP contribution in [-0.2, 0) is 9.53 Å². The monoisotopic (exact) mass is 250 g/mol. The summed E-state index contributed by atoms with van der Waals surface area (Å²) in [5.41, 5.74) is 5.31. The molecule has 1 rings (SSSR count). The highest BCUT2D eigenvalue weighted by atomic mass is 16.6. The van der Waals surface area contributed by atoms with E-state index < -0.39 is 49.2 Å². The first-order chi connectivity index (χ1) is 7.88. The number of carbonyl (C=O) groups excluding carboxylic acids is 1. The molecule has 1 saturated heterocycles. The molecule has 1 aliphatic heterocycles. The fraction of sp³-hybridized carbons (Fsp3) is 0.889. The van der Waals surface area contributed by atoms with Crippen LogP contribution in [0.15, 0.2) is 0 Å². The Morgan fingerprint density at radius 2 is 2.00 bits per heavy atom. The van der Waals surface area contributed by atoms with Crippen molar-refractivity contribution >= 4 is 5.91 Å². The maximum atomic E-state index is 11.3. The summed E-state index contributed by atoms with van der Waals surface area (Å²) in [5.74, 6) is -0.591. The van der Waals surface area contributed by atoms with E-state index in [1.165, 1.54) is 6.92 Å². The lowest BCUT2D eigenvalue weighted by molar-refractivity contribution is -0.253. The molecule has 0 aliphatic carbocycles. The van der Waals surface area contributed by atoms with Gasteiger partial charge < -0.3 is 36.2 Å². The van der Waals surface area contributed by atoms with E-state index in [2.05, 4.69) is 5.32 Å². The highest BCUT2D eigenvalue weighted by Gasteiger charge is 2.44. The molecule has 0 radical (unpaired) electrons. The zero-order valence-electron chi connectivity index (χ0n) is 9.35. The second-order valence-electron chi connectivity index (χ2n) is 4.05. The highest BCUT2D eigenvalue weighted by molar-refractivity contribution is 5.81. The van der Waals surface area contributed by atoms with E-state index in [9.17, 15) is 20.1 Å². The van der Waals surface area contributed by atoms with Gasteiger partial charge in [0.25, 0.3) is 0 Å². The fourth-order valence-corrected chi connectivity index (χ4v) is 1.55. The van der Waals surface area contributed by atoms with Gasteiger partial charge in [-0.05, 0) is 6.92 Å². The number of nitrogens with one attached hydrogen (secondary N) is 1. The first kappa shape index (κ1) is 14.3. The van der Waals surface area contributed by atoms with Gasteiger partial charge in [0.15, 0.2) is 6.29 Å². The van der Waals surface area contributed by atoms with E-state index in [1.54, 1.807) is 0 Å². The van der Waals surface area contributed by atoms with Crippen molar-refractivity contribution in [1.29, 1.82) is 0 Å². The standard InChI is InChI=1S/C9H18N2O6/c1-3(10)8(15)11-5-7(14)6(13)4(2-12)17-9(5)16/h3-7,9,12-14,16H,2,10H2,1H3,(H,11,15). The van der Waals surface area contributed by atoms with Crippen molar-refractivity contribution in [3.63, 3.8) is 0 Å². The summed E-state index contributed by atoms with van der Waals surface area (Å²) in [6.45, 7) is 0.883. The molecule has 0 bridgehead atoms. The molecule has 6 atom stereocenters. The van der Waals surface area contributed by atoms with Crippen molar-refractivity contribution < 1.29 is 30.0 Å². The molecule has 8 heteroatoms. The predicted molar refractivity (Wildman–Crippen MR) is 55.6 cm³/mol. The molecule has 1 aliphatic rings. The molecule has 0 aromatic rings. The van der Waals surface area contributed by atoms with Crippen LogP contribution in [0.25, 0.3) is 0 Å². The number of ether oxygens (including phenoxy) is 1. The summed E-state index contributed by atoms with van der Waals surface area (Å²) >= 11 is 0. The van der Waals surface area contributed by atoms with Crippen molar-refractivity contribution in [2.45, 2.75) is 43.6 Å². The Morgan fingerprint density at radius 1 is 1.41 bits per heavy atom. The van der Waals surface area contributed by atoms with E-state index in [1.807, 2.05) is 0 Å². The molecule has 1 fully saturated rings. The molecule has 6 unspecified atom stereocenters. The van der Waals surface area contributed by atoms with Crippen molar-refractivity contribution in [1.82, 2.24) is 5.32 Å². The normalized spacial score (nSPS) is 39.8. The Kier molecular flexibility index (Phi) is 4.80. The maximum Gasteiger partial charge on any atom is 0.237 e. The van der Waals surface area contributed by atoms with Gasteiger partial charge in [-0.15, -0.1) is 0 Å². The van der Waals surface area contributed by atoms with E-state index in [4.69, 9.17) is 15.6 Å². The van der Waals surface area contributed by atoms with Gasteiger partial charge in [-0.25, -0.2) is 0 Å². The molecule has 0 saturated carbocycles. The molecule has 8 nitrogen and oxygen atoms in total. The average molecular weight is 250 g/mol. The van der Waals surface area contributed by atoms with Crippen molar-refractivity contribution in [2.24, 2.45) is 5.73 Å². The van der Waals surface area contributed by atoms with E-state index in [0.717, 1.165) is 0 Å². The van der Waals surface area contributed by atoms with E-state index in [0.29, 0.717) is 0 Å². The van der Waals surface area contributed by atoms with Crippen LogP contribution < -0.4 is 11.1 Å². The van der Waals surface area contributed by atoms with E-state index >= 15 is 0 Å².